The van der Waals surface area contributed by atoms with E-state index in [0.29, 0.717) is 13.2 Å². The Labute approximate surface area is 168 Å². The average Bonchev–Trinajstić information content (AvgIpc) is 3.03. The van der Waals surface area contributed by atoms with Crippen LogP contribution in [0.1, 0.15) is 53.0 Å². The van der Waals surface area contributed by atoms with Crippen molar-refractivity contribution in [3.8, 4) is 0 Å². The molecule has 1 amide bonds. The van der Waals surface area contributed by atoms with Crippen molar-refractivity contribution in [3.63, 3.8) is 0 Å². The molecule has 2 rings (SSSR count). The fourth-order valence-corrected chi connectivity index (χ4v) is 3.70. The Balaban J connectivity index is 2.20. The Kier molecular flexibility index (Phi) is 7.47. The monoisotopic (exact) mass is 390 g/mol. The second-order valence-electron chi connectivity index (χ2n) is 8.40. The molecule has 1 atom stereocenters. The number of rotatable bonds is 7. The smallest absolute Gasteiger partial charge is 0.411 e. The first-order chi connectivity index (χ1) is 13.2. The molecule has 1 aliphatic heterocycles. The molecule has 6 nitrogen and oxygen atoms in total. The van der Waals surface area contributed by atoms with Crippen molar-refractivity contribution in [1.29, 1.82) is 0 Å². The Morgan fingerprint density at radius 2 is 1.86 bits per heavy atom. The summed E-state index contributed by atoms with van der Waals surface area (Å²) in [4.78, 5) is 29.2. The van der Waals surface area contributed by atoms with Crippen molar-refractivity contribution < 1.29 is 19.1 Å². The van der Waals surface area contributed by atoms with Crippen molar-refractivity contribution in [1.82, 2.24) is 9.80 Å². The highest BCUT2D eigenvalue weighted by atomic mass is 16.6. The van der Waals surface area contributed by atoms with Crippen LogP contribution in [0.3, 0.4) is 0 Å². The van der Waals surface area contributed by atoms with E-state index in [1.54, 1.807) is 11.8 Å². The fraction of sp³-hybridized carbons (Fsp3) is 0.636. The van der Waals surface area contributed by atoms with E-state index in [2.05, 4.69) is 24.0 Å². The Hall–Kier alpha value is -2.08. The summed E-state index contributed by atoms with van der Waals surface area (Å²) in [7, 11) is 0. The zero-order valence-electron chi connectivity index (χ0n) is 17.9. The number of carbonyl (C=O) groups excluding carboxylic acids is 2. The number of amides is 1. The molecule has 1 aromatic rings. The van der Waals surface area contributed by atoms with E-state index in [0.717, 1.165) is 25.9 Å². The highest BCUT2D eigenvalue weighted by Crippen LogP contribution is 2.33. The van der Waals surface area contributed by atoms with Crippen molar-refractivity contribution in [2.24, 2.45) is 0 Å². The van der Waals surface area contributed by atoms with E-state index in [1.807, 2.05) is 39.0 Å². The maximum atomic E-state index is 13.0. The zero-order chi connectivity index (χ0) is 20.8. The summed E-state index contributed by atoms with van der Waals surface area (Å²) in [6.07, 6.45) is 1.09. The van der Waals surface area contributed by atoms with Crippen LogP contribution in [0.2, 0.25) is 0 Å². The summed E-state index contributed by atoms with van der Waals surface area (Å²) in [5.74, 6) is -0.400. The fourth-order valence-electron chi connectivity index (χ4n) is 3.70. The molecule has 156 valence electrons. The molecule has 0 spiro atoms. The van der Waals surface area contributed by atoms with Gasteiger partial charge in [-0.3, -0.25) is 14.6 Å². The van der Waals surface area contributed by atoms with Gasteiger partial charge in [-0.15, -0.1) is 0 Å². The highest BCUT2D eigenvalue weighted by molar-refractivity contribution is 5.79. The largest absolute Gasteiger partial charge is 0.465 e. The number of likely N-dealkylation sites (tertiary alicyclic amines) is 1. The lowest BCUT2D eigenvalue weighted by Gasteiger charge is -2.40. The SMILES string of the molecule is CCOC(=O)CN(C(=O)OC(C)(C)C)[C@@]1(CC)CCN(Cc2ccccc2)C1. The highest BCUT2D eigenvalue weighted by Gasteiger charge is 2.46. The summed E-state index contributed by atoms with van der Waals surface area (Å²) in [6.45, 7) is 11.9. The molecule has 1 aliphatic rings. The Bertz CT molecular complexity index is 656. The molecule has 1 saturated heterocycles. The van der Waals surface area contributed by atoms with Crippen LogP contribution in [0, 0.1) is 0 Å². The summed E-state index contributed by atoms with van der Waals surface area (Å²) in [6, 6.07) is 10.3. The van der Waals surface area contributed by atoms with Crippen LogP contribution in [0.25, 0.3) is 0 Å². The molecule has 28 heavy (non-hydrogen) atoms. The Morgan fingerprint density at radius 1 is 1.18 bits per heavy atom. The van der Waals surface area contributed by atoms with E-state index in [9.17, 15) is 9.59 Å². The first-order valence-corrected chi connectivity index (χ1v) is 10.1. The molecule has 0 aromatic heterocycles. The third kappa shape index (κ3) is 5.96. The molecule has 0 saturated carbocycles. The van der Waals surface area contributed by atoms with Gasteiger partial charge < -0.3 is 9.47 Å². The summed E-state index contributed by atoms with van der Waals surface area (Å²) in [5, 5.41) is 0. The quantitative estimate of drug-likeness (QED) is 0.662. The molecule has 6 heteroatoms. The van der Waals surface area contributed by atoms with Crippen molar-refractivity contribution in [2.75, 3.05) is 26.2 Å². The predicted molar refractivity (Wildman–Crippen MR) is 109 cm³/mol. The van der Waals surface area contributed by atoms with Crippen LogP contribution in [-0.2, 0) is 20.8 Å². The lowest BCUT2D eigenvalue weighted by molar-refractivity contribution is -0.146. The standard InChI is InChI=1S/C22H34N2O4/c1-6-22(13-14-23(17-22)15-18-11-9-8-10-12-18)24(16-19(25)27-7-2)20(26)28-21(3,4)5/h8-12H,6-7,13-17H2,1-5H3/t22-/m0/s1. The maximum Gasteiger partial charge on any atom is 0.411 e. The topological polar surface area (TPSA) is 59.1 Å². The van der Waals surface area contributed by atoms with Crippen molar-refractivity contribution in [2.45, 2.75) is 65.1 Å². The third-order valence-electron chi connectivity index (χ3n) is 5.10. The van der Waals surface area contributed by atoms with E-state index >= 15 is 0 Å². The molecule has 0 bridgehead atoms. The van der Waals surface area contributed by atoms with Crippen molar-refractivity contribution >= 4 is 12.1 Å². The third-order valence-corrected chi connectivity index (χ3v) is 5.10. The average molecular weight is 391 g/mol. The normalized spacial score (nSPS) is 20.0. The summed E-state index contributed by atoms with van der Waals surface area (Å²) < 4.78 is 10.8. The van der Waals surface area contributed by atoms with Gasteiger partial charge >= 0.3 is 12.1 Å². The van der Waals surface area contributed by atoms with Gasteiger partial charge in [0.05, 0.1) is 12.1 Å². The van der Waals surface area contributed by atoms with E-state index in [-0.39, 0.29) is 6.54 Å². The van der Waals surface area contributed by atoms with E-state index < -0.39 is 23.2 Å². The lowest BCUT2D eigenvalue weighted by Crippen LogP contribution is -2.56. The number of hydrogen-bond donors (Lipinski definition) is 0. The van der Waals surface area contributed by atoms with Gasteiger partial charge in [0.15, 0.2) is 0 Å². The minimum Gasteiger partial charge on any atom is -0.465 e. The van der Waals surface area contributed by atoms with Crippen LogP contribution in [-0.4, -0.2) is 59.2 Å². The van der Waals surface area contributed by atoms with Crippen LogP contribution in [0.15, 0.2) is 30.3 Å². The molecule has 0 radical (unpaired) electrons. The van der Waals surface area contributed by atoms with Gasteiger partial charge in [0.25, 0.3) is 0 Å². The van der Waals surface area contributed by atoms with Gasteiger partial charge in [0.1, 0.15) is 12.1 Å². The summed E-state index contributed by atoms with van der Waals surface area (Å²) >= 11 is 0. The van der Waals surface area contributed by atoms with Crippen LogP contribution < -0.4 is 0 Å². The zero-order valence-corrected chi connectivity index (χ0v) is 17.9. The molecule has 0 N–H and O–H groups in total. The Morgan fingerprint density at radius 3 is 2.43 bits per heavy atom. The molecule has 0 unspecified atom stereocenters. The molecule has 0 aliphatic carbocycles. The van der Waals surface area contributed by atoms with Crippen molar-refractivity contribution in [3.05, 3.63) is 35.9 Å². The number of nitrogens with zero attached hydrogens (tertiary/aromatic N) is 2. The number of benzene rings is 1. The number of esters is 1. The molecular weight excluding hydrogens is 356 g/mol. The minimum absolute atomic E-state index is 0.0875. The molecule has 1 aromatic carbocycles. The first-order valence-electron chi connectivity index (χ1n) is 10.1. The maximum absolute atomic E-state index is 13.0. The second kappa shape index (κ2) is 9.41. The van der Waals surface area contributed by atoms with Crippen LogP contribution in [0.4, 0.5) is 4.79 Å². The lowest BCUT2D eigenvalue weighted by atomic mass is 9.93. The van der Waals surface area contributed by atoms with E-state index in [1.165, 1.54) is 5.56 Å². The predicted octanol–water partition coefficient (Wildman–Crippen LogP) is 3.84. The number of hydrogen-bond acceptors (Lipinski definition) is 5. The second-order valence-corrected chi connectivity index (χ2v) is 8.40. The van der Waals surface area contributed by atoms with Gasteiger partial charge in [-0.2, -0.15) is 0 Å². The number of carbonyl (C=O) groups is 2. The number of ether oxygens (including phenoxy) is 2. The molecule has 1 fully saturated rings. The summed E-state index contributed by atoms with van der Waals surface area (Å²) in [5.41, 5.74) is 0.175. The first kappa shape index (κ1) is 22.2. The van der Waals surface area contributed by atoms with Crippen LogP contribution in [0.5, 0.6) is 0 Å². The van der Waals surface area contributed by atoms with Gasteiger partial charge in [0, 0.05) is 19.6 Å². The molecular formula is C22H34N2O4. The van der Waals surface area contributed by atoms with Crippen LogP contribution >= 0.6 is 0 Å². The van der Waals surface area contributed by atoms with Gasteiger partial charge in [-0.1, -0.05) is 37.3 Å². The molecule has 1 heterocycles. The van der Waals surface area contributed by atoms with E-state index in [4.69, 9.17) is 9.47 Å². The van der Waals surface area contributed by atoms with Gasteiger partial charge in [0.2, 0.25) is 0 Å². The van der Waals surface area contributed by atoms with Gasteiger partial charge in [-0.25, -0.2) is 4.79 Å². The minimum atomic E-state index is -0.624. The van der Waals surface area contributed by atoms with Gasteiger partial charge in [-0.05, 0) is 46.1 Å².